The third-order valence-corrected chi connectivity index (χ3v) is 4.34. The minimum Gasteiger partial charge on any atom is -0.388 e. The van der Waals surface area contributed by atoms with Gasteiger partial charge in [0, 0.05) is 19.5 Å². The lowest BCUT2D eigenvalue weighted by Gasteiger charge is -2.24. The second-order valence-electron chi connectivity index (χ2n) is 5.20. The fraction of sp³-hybridized carbons (Fsp3) is 0.909. The van der Waals surface area contributed by atoms with Gasteiger partial charge < -0.3 is 5.73 Å². The molecule has 0 bridgehead atoms. The molecule has 3 N–H and O–H groups in total. The van der Waals surface area contributed by atoms with E-state index in [-0.39, 0.29) is 23.4 Å². The number of amidine groups is 1. The van der Waals surface area contributed by atoms with Crippen LogP contribution in [0.25, 0.3) is 0 Å². The molecule has 0 unspecified atom stereocenters. The fourth-order valence-electron chi connectivity index (χ4n) is 1.52. The van der Waals surface area contributed by atoms with Gasteiger partial charge in [-0.1, -0.05) is 27.7 Å². The molecule has 0 amide bonds. The fourth-order valence-corrected chi connectivity index (χ4v) is 3.47. The topological polar surface area (TPSA) is 87.2 Å². The van der Waals surface area contributed by atoms with Crippen molar-refractivity contribution in [3.8, 4) is 0 Å². The van der Waals surface area contributed by atoms with E-state index in [0.29, 0.717) is 19.5 Å². The van der Waals surface area contributed by atoms with Gasteiger partial charge in [-0.25, -0.2) is 12.7 Å². The molecule has 0 rings (SSSR count). The van der Waals surface area contributed by atoms with Crippen molar-refractivity contribution in [2.75, 3.05) is 18.8 Å². The Morgan fingerprint density at radius 1 is 1.24 bits per heavy atom. The molecule has 0 radical (unpaired) electrons. The van der Waals surface area contributed by atoms with Crippen molar-refractivity contribution in [2.45, 2.75) is 34.1 Å². The first-order valence-electron chi connectivity index (χ1n) is 5.96. The van der Waals surface area contributed by atoms with Gasteiger partial charge in [0.1, 0.15) is 0 Å². The summed E-state index contributed by atoms with van der Waals surface area (Å²) in [5.74, 6) is 0.548. The van der Waals surface area contributed by atoms with Crippen molar-refractivity contribution < 1.29 is 8.42 Å². The van der Waals surface area contributed by atoms with Crippen LogP contribution in [-0.2, 0) is 10.0 Å². The van der Waals surface area contributed by atoms with E-state index in [9.17, 15) is 8.42 Å². The molecular weight excluding hydrogens is 238 g/mol. The first kappa shape index (κ1) is 16.4. The number of nitrogens with zero attached hydrogens (tertiary/aromatic N) is 1. The molecule has 5 nitrogen and oxygen atoms in total. The second-order valence-corrected chi connectivity index (χ2v) is 7.21. The molecule has 0 fully saturated rings. The summed E-state index contributed by atoms with van der Waals surface area (Å²) in [5.41, 5.74) is 5.28. The van der Waals surface area contributed by atoms with Crippen molar-refractivity contribution in [1.82, 2.24) is 4.31 Å². The van der Waals surface area contributed by atoms with Crippen LogP contribution in [0.2, 0.25) is 0 Å². The zero-order chi connectivity index (χ0) is 13.6. The molecule has 0 aliphatic heterocycles. The van der Waals surface area contributed by atoms with E-state index in [2.05, 4.69) is 0 Å². The number of hydrogen-bond acceptors (Lipinski definition) is 3. The van der Waals surface area contributed by atoms with Crippen LogP contribution in [0.15, 0.2) is 0 Å². The molecule has 0 aliphatic carbocycles. The van der Waals surface area contributed by atoms with Gasteiger partial charge >= 0.3 is 0 Å². The van der Waals surface area contributed by atoms with Gasteiger partial charge in [0.25, 0.3) is 0 Å². The lowest BCUT2D eigenvalue weighted by molar-refractivity contribution is 0.371. The van der Waals surface area contributed by atoms with Crippen LogP contribution in [0.5, 0.6) is 0 Å². The molecule has 0 aromatic heterocycles. The van der Waals surface area contributed by atoms with Crippen LogP contribution in [0, 0.1) is 17.2 Å². The summed E-state index contributed by atoms with van der Waals surface area (Å²) in [5, 5.41) is 7.17. The molecule has 0 aliphatic rings. The van der Waals surface area contributed by atoms with Crippen LogP contribution < -0.4 is 5.73 Å². The van der Waals surface area contributed by atoms with Crippen LogP contribution >= 0.6 is 0 Å². The largest absolute Gasteiger partial charge is 0.388 e. The maximum absolute atomic E-state index is 12.1. The lowest BCUT2D eigenvalue weighted by Crippen LogP contribution is -2.39. The van der Waals surface area contributed by atoms with Gasteiger partial charge in [-0.05, 0) is 11.8 Å². The molecule has 0 aromatic carbocycles. The molecule has 0 saturated carbocycles. The predicted molar refractivity (Wildman–Crippen MR) is 71.6 cm³/mol. The molecule has 6 heteroatoms. The van der Waals surface area contributed by atoms with E-state index in [0.717, 1.165) is 0 Å². The maximum Gasteiger partial charge on any atom is 0.214 e. The normalized spacial score (nSPS) is 12.6. The Morgan fingerprint density at radius 2 is 1.76 bits per heavy atom. The Balaban J connectivity index is 4.71. The summed E-state index contributed by atoms with van der Waals surface area (Å²) in [6, 6.07) is 0. The van der Waals surface area contributed by atoms with Crippen molar-refractivity contribution in [3.63, 3.8) is 0 Å². The summed E-state index contributed by atoms with van der Waals surface area (Å²) in [6.45, 7) is 8.52. The minimum absolute atomic E-state index is 0.0264. The van der Waals surface area contributed by atoms with Gasteiger partial charge in [-0.3, -0.25) is 5.41 Å². The SMILES string of the molecule is CC(C)CN(CCC(=N)N)S(=O)(=O)CC(C)C. The first-order valence-corrected chi connectivity index (χ1v) is 7.56. The number of sulfonamides is 1. The van der Waals surface area contributed by atoms with Gasteiger partial charge in [0.2, 0.25) is 10.0 Å². The first-order chi connectivity index (χ1) is 7.65. The Kier molecular flexibility index (Phi) is 6.70. The number of rotatable bonds is 8. The quantitative estimate of drug-likeness (QED) is 0.510. The number of nitrogens with two attached hydrogens (primary N) is 1. The average Bonchev–Trinajstić information content (AvgIpc) is 2.08. The Hall–Kier alpha value is -0.620. The molecule has 0 atom stereocenters. The summed E-state index contributed by atoms with van der Waals surface area (Å²) < 4.78 is 25.7. The van der Waals surface area contributed by atoms with E-state index >= 15 is 0 Å². The molecule has 0 aromatic rings. The van der Waals surface area contributed by atoms with Crippen LogP contribution in [0.1, 0.15) is 34.1 Å². The second kappa shape index (κ2) is 6.96. The number of nitrogens with one attached hydrogen (secondary N) is 1. The van der Waals surface area contributed by atoms with Crippen LogP contribution in [0.3, 0.4) is 0 Å². The highest BCUT2D eigenvalue weighted by molar-refractivity contribution is 7.89. The van der Waals surface area contributed by atoms with Crippen molar-refractivity contribution in [2.24, 2.45) is 17.6 Å². The molecule has 17 heavy (non-hydrogen) atoms. The van der Waals surface area contributed by atoms with Gasteiger partial charge in [0.15, 0.2) is 0 Å². The summed E-state index contributed by atoms with van der Waals surface area (Å²) >= 11 is 0. The van der Waals surface area contributed by atoms with Crippen LogP contribution in [0.4, 0.5) is 0 Å². The third-order valence-electron chi connectivity index (χ3n) is 2.14. The Labute approximate surface area is 105 Å². The number of hydrogen-bond donors (Lipinski definition) is 2. The zero-order valence-electron chi connectivity index (χ0n) is 11.2. The zero-order valence-corrected chi connectivity index (χ0v) is 12.0. The summed E-state index contributed by atoms with van der Waals surface area (Å²) in [7, 11) is -3.23. The molecule has 0 heterocycles. The molecule has 0 saturated heterocycles. The third kappa shape index (κ3) is 7.33. The van der Waals surface area contributed by atoms with Gasteiger partial charge in [-0.2, -0.15) is 0 Å². The smallest absolute Gasteiger partial charge is 0.214 e. The predicted octanol–water partition coefficient (Wildman–Crippen LogP) is 1.26. The van der Waals surface area contributed by atoms with Crippen molar-refractivity contribution >= 4 is 15.9 Å². The van der Waals surface area contributed by atoms with Crippen molar-refractivity contribution in [3.05, 3.63) is 0 Å². The van der Waals surface area contributed by atoms with Crippen LogP contribution in [-0.4, -0.2) is 37.4 Å². The Morgan fingerprint density at radius 3 is 2.12 bits per heavy atom. The van der Waals surface area contributed by atoms with E-state index < -0.39 is 10.0 Å². The van der Waals surface area contributed by atoms with Gasteiger partial charge in [-0.15, -0.1) is 0 Å². The Bertz CT molecular complexity index is 337. The minimum atomic E-state index is -3.23. The summed E-state index contributed by atoms with van der Waals surface area (Å²) in [4.78, 5) is 0. The van der Waals surface area contributed by atoms with E-state index in [1.54, 1.807) is 0 Å². The monoisotopic (exact) mass is 263 g/mol. The average molecular weight is 263 g/mol. The standard InChI is InChI=1S/C11H25N3O2S/c1-9(2)7-14(6-5-11(12)13)17(15,16)8-10(3)4/h9-10H,5-8H2,1-4H3,(H3,12,13). The highest BCUT2D eigenvalue weighted by Crippen LogP contribution is 2.10. The summed E-state index contributed by atoms with van der Waals surface area (Å²) in [6.07, 6.45) is 0.296. The van der Waals surface area contributed by atoms with Crippen molar-refractivity contribution in [1.29, 1.82) is 5.41 Å². The molecule has 102 valence electrons. The highest BCUT2D eigenvalue weighted by atomic mass is 32.2. The highest BCUT2D eigenvalue weighted by Gasteiger charge is 2.23. The molecular formula is C11H25N3O2S. The van der Waals surface area contributed by atoms with E-state index in [1.165, 1.54) is 4.31 Å². The van der Waals surface area contributed by atoms with Gasteiger partial charge in [0.05, 0.1) is 11.6 Å². The molecule has 0 spiro atoms. The van der Waals surface area contributed by atoms with E-state index in [1.807, 2.05) is 27.7 Å². The lowest BCUT2D eigenvalue weighted by atomic mass is 10.2. The maximum atomic E-state index is 12.1. The van der Waals surface area contributed by atoms with E-state index in [4.69, 9.17) is 11.1 Å².